The molecule has 0 aliphatic carbocycles. The van der Waals surface area contributed by atoms with E-state index in [0.717, 1.165) is 0 Å². The predicted octanol–water partition coefficient (Wildman–Crippen LogP) is 2.22. The van der Waals surface area contributed by atoms with E-state index in [9.17, 15) is 14.0 Å². The number of imidazole rings is 1. The molecular weight excluding hydrogens is 275 g/mol. The topological polar surface area (TPSA) is 75.1 Å². The number of aromatic nitrogens is 2. The summed E-state index contributed by atoms with van der Waals surface area (Å²) in [6, 6.07) is 10.4. The van der Waals surface area contributed by atoms with E-state index in [0.29, 0.717) is 16.6 Å². The summed E-state index contributed by atoms with van der Waals surface area (Å²) in [5.41, 5.74) is 1.41. The van der Waals surface area contributed by atoms with Gasteiger partial charge in [0.2, 0.25) is 0 Å². The third-order valence-corrected chi connectivity index (χ3v) is 3.25. The van der Waals surface area contributed by atoms with E-state index in [1.807, 2.05) is 0 Å². The Morgan fingerprint density at radius 2 is 2.05 bits per heavy atom. The van der Waals surface area contributed by atoms with Crippen molar-refractivity contribution in [1.29, 1.82) is 0 Å². The minimum atomic E-state index is -1.06. The van der Waals surface area contributed by atoms with Crippen LogP contribution in [0, 0.1) is 5.82 Å². The van der Waals surface area contributed by atoms with Gasteiger partial charge in [0, 0.05) is 0 Å². The number of aromatic carboxylic acids is 1. The summed E-state index contributed by atoms with van der Waals surface area (Å²) in [7, 11) is 0. The Labute approximate surface area is 118 Å². The van der Waals surface area contributed by atoms with Gasteiger partial charge in [0.15, 0.2) is 0 Å². The van der Waals surface area contributed by atoms with E-state index in [1.165, 1.54) is 28.8 Å². The van der Waals surface area contributed by atoms with E-state index < -0.39 is 5.97 Å². The molecular formula is C15H11FN2O3. The Kier molecular flexibility index (Phi) is 3.06. The van der Waals surface area contributed by atoms with Crippen molar-refractivity contribution in [2.75, 3.05) is 0 Å². The van der Waals surface area contributed by atoms with Crippen molar-refractivity contribution in [3.63, 3.8) is 0 Å². The molecule has 1 heterocycles. The van der Waals surface area contributed by atoms with E-state index in [4.69, 9.17) is 5.11 Å². The van der Waals surface area contributed by atoms with Crippen LogP contribution < -0.4 is 5.69 Å². The molecule has 0 fully saturated rings. The number of nitrogens with zero attached hydrogens (tertiary/aromatic N) is 1. The fourth-order valence-corrected chi connectivity index (χ4v) is 2.27. The minimum Gasteiger partial charge on any atom is -0.478 e. The van der Waals surface area contributed by atoms with Gasteiger partial charge in [0.05, 0.1) is 23.1 Å². The van der Waals surface area contributed by atoms with Crippen molar-refractivity contribution < 1.29 is 14.3 Å². The first-order valence-electron chi connectivity index (χ1n) is 6.25. The quantitative estimate of drug-likeness (QED) is 0.775. The average Bonchev–Trinajstić information content (AvgIpc) is 2.74. The number of benzene rings is 2. The molecule has 0 aliphatic heterocycles. The molecule has 3 aromatic rings. The number of hydrogen-bond acceptors (Lipinski definition) is 2. The summed E-state index contributed by atoms with van der Waals surface area (Å²) in [5, 5.41) is 8.95. The molecule has 0 atom stereocenters. The maximum Gasteiger partial charge on any atom is 0.335 e. The molecule has 6 heteroatoms. The highest BCUT2D eigenvalue weighted by Gasteiger charge is 2.10. The number of fused-ring (bicyclic) bond motifs is 1. The highest BCUT2D eigenvalue weighted by Crippen LogP contribution is 2.15. The molecule has 0 spiro atoms. The lowest BCUT2D eigenvalue weighted by Crippen LogP contribution is -2.17. The number of H-pyrrole nitrogens is 1. The van der Waals surface area contributed by atoms with Crippen LogP contribution in [-0.2, 0) is 6.54 Å². The fraction of sp³-hybridized carbons (Fsp3) is 0.0667. The zero-order valence-electron chi connectivity index (χ0n) is 10.8. The first-order chi connectivity index (χ1) is 10.0. The lowest BCUT2D eigenvalue weighted by molar-refractivity contribution is 0.0697. The maximum absolute atomic E-state index is 13.2. The molecule has 0 aliphatic rings. The van der Waals surface area contributed by atoms with Crippen LogP contribution in [0.1, 0.15) is 15.9 Å². The molecule has 106 valence electrons. The van der Waals surface area contributed by atoms with Gasteiger partial charge in [-0.1, -0.05) is 12.1 Å². The summed E-state index contributed by atoms with van der Waals surface area (Å²) in [5.74, 6) is -1.43. The third-order valence-electron chi connectivity index (χ3n) is 3.25. The second-order valence-corrected chi connectivity index (χ2v) is 4.68. The van der Waals surface area contributed by atoms with Gasteiger partial charge in [-0.05, 0) is 35.9 Å². The first kappa shape index (κ1) is 13.1. The van der Waals surface area contributed by atoms with E-state index in [1.54, 1.807) is 18.2 Å². The van der Waals surface area contributed by atoms with Gasteiger partial charge >= 0.3 is 11.7 Å². The van der Waals surface area contributed by atoms with Gasteiger partial charge in [-0.2, -0.15) is 0 Å². The van der Waals surface area contributed by atoms with Crippen LogP contribution in [0.5, 0.6) is 0 Å². The van der Waals surface area contributed by atoms with Gasteiger partial charge in [0.1, 0.15) is 5.82 Å². The number of halogens is 1. The summed E-state index contributed by atoms with van der Waals surface area (Å²) < 4.78 is 14.6. The first-order valence-corrected chi connectivity index (χ1v) is 6.25. The lowest BCUT2D eigenvalue weighted by Gasteiger charge is -2.04. The Morgan fingerprint density at radius 3 is 2.76 bits per heavy atom. The zero-order valence-corrected chi connectivity index (χ0v) is 10.8. The molecule has 2 aromatic carbocycles. The van der Waals surface area contributed by atoms with E-state index >= 15 is 0 Å². The van der Waals surface area contributed by atoms with Crippen molar-refractivity contribution in [3.05, 3.63) is 69.9 Å². The zero-order chi connectivity index (χ0) is 15.0. The van der Waals surface area contributed by atoms with Gasteiger partial charge in [-0.15, -0.1) is 0 Å². The van der Waals surface area contributed by atoms with Crippen LogP contribution in [0.15, 0.2) is 47.3 Å². The van der Waals surface area contributed by atoms with E-state index in [-0.39, 0.29) is 23.6 Å². The van der Waals surface area contributed by atoms with Crippen LogP contribution in [0.2, 0.25) is 0 Å². The van der Waals surface area contributed by atoms with Crippen LogP contribution >= 0.6 is 0 Å². The summed E-state index contributed by atoms with van der Waals surface area (Å²) in [6.45, 7) is 0.211. The largest absolute Gasteiger partial charge is 0.478 e. The van der Waals surface area contributed by atoms with Crippen molar-refractivity contribution in [2.24, 2.45) is 0 Å². The summed E-state index contributed by atoms with van der Waals surface area (Å²) >= 11 is 0. The fourth-order valence-electron chi connectivity index (χ4n) is 2.27. The Morgan fingerprint density at radius 1 is 1.24 bits per heavy atom. The molecule has 21 heavy (non-hydrogen) atoms. The molecule has 0 radical (unpaired) electrons. The predicted molar refractivity (Wildman–Crippen MR) is 75.0 cm³/mol. The molecule has 3 rings (SSSR count). The summed E-state index contributed by atoms with van der Waals surface area (Å²) in [4.78, 5) is 25.5. The number of carboxylic acids is 1. The number of carbonyl (C=O) groups is 1. The van der Waals surface area contributed by atoms with Crippen molar-refractivity contribution >= 4 is 17.0 Å². The molecule has 0 amide bonds. The van der Waals surface area contributed by atoms with Crippen molar-refractivity contribution in [2.45, 2.75) is 6.54 Å². The third kappa shape index (κ3) is 2.43. The molecule has 2 N–H and O–H groups in total. The van der Waals surface area contributed by atoms with Crippen LogP contribution in [0.3, 0.4) is 0 Å². The van der Waals surface area contributed by atoms with Gasteiger partial charge in [-0.3, -0.25) is 4.57 Å². The summed E-state index contributed by atoms with van der Waals surface area (Å²) in [6.07, 6.45) is 0. The molecule has 0 unspecified atom stereocenters. The average molecular weight is 286 g/mol. The van der Waals surface area contributed by atoms with Gasteiger partial charge in [-0.25, -0.2) is 14.0 Å². The monoisotopic (exact) mass is 286 g/mol. The lowest BCUT2D eigenvalue weighted by atomic mass is 10.2. The van der Waals surface area contributed by atoms with Crippen LogP contribution in [0.4, 0.5) is 4.39 Å². The molecule has 0 saturated carbocycles. The standard InChI is InChI=1S/C15H11FN2O3/c16-11-3-1-2-9(6-11)8-18-13-5-4-10(14(19)20)7-12(13)17-15(18)21/h1-7H,8H2,(H,17,21)(H,19,20). The number of rotatable bonds is 3. The molecule has 1 aromatic heterocycles. The molecule has 0 saturated heterocycles. The maximum atomic E-state index is 13.2. The highest BCUT2D eigenvalue weighted by molar-refractivity contribution is 5.92. The smallest absolute Gasteiger partial charge is 0.335 e. The number of nitrogens with one attached hydrogen (secondary N) is 1. The van der Waals surface area contributed by atoms with Gasteiger partial charge in [0.25, 0.3) is 0 Å². The number of carboxylic acid groups (broad SMARTS) is 1. The second kappa shape index (κ2) is 4.90. The van der Waals surface area contributed by atoms with Crippen molar-refractivity contribution in [3.8, 4) is 0 Å². The van der Waals surface area contributed by atoms with Crippen LogP contribution in [0.25, 0.3) is 11.0 Å². The SMILES string of the molecule is O=C(O)c1ccc2c(c1)[nH]c(=O)n2Cc1cccc(F)c1. The second-order valence-electron chi connectivity index (χ2n) is 4.68. The Hall–Kier alpha value is -2.89. The van der Waals surface area contributed by atoms with Crippen LogP contribution in [-0.4, -0.2) is 20.6 Å². The normalized spacial score (nSPS) is 10.9. The Balaban J connectivity index is 2.08. The van der Waals surface area contributed by atoms with Gasteiger partial charge < -0.3 is 10.1 Å². The minimum absolute atomic E-state index is 0.0988. The molecule has 5 nitrogen and oxygen atoms in total. The highest BCUT2D eigenvalue weighted by atomic mass is 19.1. The van der Waals surface area contributed by atoms with Crippen molar-refractivity contribution in [1.82, 2.24) is 9.55 Å². The number of aromatic amines is 1. The number of hydrogen-bond donors (Lipinski definition) is 2. The van der Waals surface area contributed by atoms with E-state index in [2.05, 4.69) is 4.98 Å². The Bertz CT molecular complexity index is 895. The molecule has 0 bridgehead atoms.